The van der Waals surface area contributed by atoms with Crippen LogP contribution in [0.2, 0.25) is 5.02 Å². The SMILES string of the molecule is CCn1cc(C(=O)Nc2cc(Cl)ccc2N2CCOCC2)cn1. The number of halogens is 1. The van der Waals surface area contributed by atoms with Gasteiger partial charge in [-0.05, 0) is 25.1 Å². The lowest BCUT2D eigenvalue weighted by atomic mass is 10.2. The Labute approximate surface area is 140 Å². The third kappa shape index (κ3) is 3.65. The molecular weight excluding hydrogens is 316 g/mol. The third-order valence-electron chi connectivity index (χ3n) is 3.78. The maximum atomic E-state index is 12.4. The topological polar surface area (TPSA) is 59.4 Å². The first-order valence-electron chi connectivity index (χ1n) is 7.63. The predicted octanol–water partition coefficient (Wildman–Crippen LogP) is 2.65. The smallest absolute Gasteiger partial charge is 0.258 e. The number of hydrogen-bond donors (Lipinski definition) is 1. The third-order valence-corrected chi connectivity index (χ3v) is 4.01. The zero-order valence-corrected chi connectivity index (χ0v) is 13.7. The van der Waals surface area contributed by atoms with Crippen LogP contribution < -0.4 is 10.2 Å². The summed E-state index contributed by atoms with van der Waals surface area (Å²) in [4.78, 5) is 14.6. The second-order valence-electron chi connectivity index (χ2n) is 5.30. The van der Waals surface area contributed by atoms with Crippen LogP contribution >= 0.6 is 11.6 Å². The van der Waals surface area contributed by atoms with Crippen molar-refractivity contribution in [1.29, 1.82) is 0 Å². The standard InChI is InChI=1S/C16H19ClN4O2/c1-2-21-11-12(10-18-21)16(22)19-14-9-13(17)3-4-15(14)20-5-7-23-8-6-20/h3-4,9-11H,2,5-8H2,1H3,(H,19,22). The van der Waals surface area contributed by atoms with Crippen LogP contribution in [-0.2, 0) is 11.3 Å². The highest BCUT2D eigenvalue weighted by Gasteiger charge is 2.17. The molecule has 1 N–H and O–H groups in total. The molecule has 7 heteroatoms. The molecular formula is C16H19ClN4O2. The zero-order valence-electron chi connectivity index (χ0n) is 13.0. The lowest BCUT2D eigenvalue weighted by Crippen LogP contribution is -2.36. The van der Waals surface area contributed by atoms with Crippen molar-refractivity contribution in [2.45, 2.75) is 13.5 Å². The first-order chi connectivity index (χ1) is 11.2. The number of hydrogen-bond acceptors (Lipinski definition) is 4. The van der Waals surface area contributed by atoms with Gasteiger partial charge in [0.25, 0.3) is 5.91 Å². The number of ether oxygens (including phenoxy) is 1. The van der Waals surface area contributed by atoms with Gasteiger partial charge in [-0.25, -0.2) is 0 Å². The molecule has 0 spiro atoms. The first kappa shape index (κ1) is 15.8. The number of anilines is 2. The van der Waals surface area contributed by atoms with Gasteiger partial charge in [-0.1, -0.05) is 11.6 Å². The van der Waals surface area contributed by atoms with Gasteiger partial charge in [-0.2, -0.15) is 5.10 Å². The quantitative estimate of drug-likeness (QED) is 0.933. The Kier molecular flexibility index (Phi) is 4.83. The van der Waals surface area contributed by atoms with Crippen molar-refractivity contribution in [2.75, 3.05) is 36.5 Å². The van der Waals surface area contributed by atoms with Gasteiger partial charge in [-0.15, -0.1) is 0 Å². The molecule has 1 amide bonds. The molecule has 2 heterocycles. The fourth-order valence-electron chi connectivity index (χ4n) is 2.54. The molecule has 1 saturated heterocycles. The molecule has 0 aliphatic carbocycles. The molecule has 0 radical (unpaired) electrons. The van der Waals surface area contributed by atoms with E-state index in [9.17, 15) is 4.79 Å². The molecule has 0 atom stereocenters. The van der Waals surface area contributed by atoms with E-state index >= 15 is 0 Å². The van der Waals surface area contributed by atoms with E-state index in [0.717, 1.165) is 25.3 Å². The van der Waals surface area contributed by atoms with E-state index in [1.165, 1.54) is 0 Å². The number of rotatable bonds is 4. The van der Waals surface area contributed by atoms with Crippen LogP contribution in [0.4, 0.5) is 11.4 Å². The number of amides is 1. The van der Waals surface area contributed by atoms with Crippen molar-refractivity contribution in [1.82, 2.24) is 9.78 Å². The minimum Gasteiger partial charge on any atom is -0.378 e. The highest BCUT2D eigenvalue weighted by molar-refractivity contribution is 6.31. The van der Waals surface area contributed by atoms with Crippen LogP contribution in [-0.4, -0.2) is 42.0 Å². The van der Waals surface area contributed by atoms with Gasteiger partial charge in [-0.3, -0.25) is 9.48 Å². The summed E-state index contributed by atoms with van der Waals surface area (Å²) in [6.45, 7) is 5.64. The zero-order chi connectivity index (χ0) is 16.2. The number of morpholine rings is 1. The average Bonchev–Trinajstić information content (AvgIpc) is 3.05. The maximum absolute atomic E-state index is 12.4. The van der Waals surface area contributed by atoms with Crippen molar-refractivity contribution in [3.05, 3.63) is 41.2 Å². The van der Waals surface area contributed by atoms with Crippen LogP contribution in [0.1, 0.15) is 17.3 Å². The summed E-state index contributed by atoms with van der Waals surface area (Å²) in [5.74, 6) is -0.193. The van der Waals surface area contributed by atoms with Crippen LogP contribution in [0.3, 0.4) is 0 Å². The molecule has 0 unspecified atom stereocenters. The normalized spacial score (nSPS) is 14.8. The molecule has 1 aliphatic rings. The Morgan fingerprint density at radius 1 is 1.39 bits per heavy atom. The largest absolute Gasteiger partial charge is 0.378 e. The minimum absolute atomic E-state index is 0.193. The summed E-state index contributed by atoms with van der Waals surface area (Å²) in [5, 5.41) is 7.66. The van der Waals surface area contributed by atoms with Crippen molar-refractivity contribution in [3.8, 4) is 0 Å². The fraction of sp³-hybridized carbons (Fsp3) is 0.375. The van der Waals surface area contributed by atoms with Crippen molar-refractivity contribution >= 4 is 28.9 Å². The molecule has 0 saturated carbocycles. The molecule has 2 aromatic rings. The number of carbonyl (C=O) groups is 1. The lowest BCUT2D eigenvalue weighted by molar-refractivity contribution is 0.102. The van der Waals surface area contributed by atoms with Crippen LogP contribution in [0.25, 0.3) is 0 Å². The van der Waals surface area contributed by atoms with Crippen LogP contribution in [0, 0.1) is 0 Å². The summed E-state index contributed by atoms with van der Waals surface area (Å²) < 4.78 is 7.10. The fourth-order valence-corrected chi connectivity index (χ4v) is 2.71. The Bertz CT molecular complexity index is 695. The Morgan fingerprint density at radius 3 is 2.87 bits per heavy atom. The Balaban J connectivity index is 1.83. The van der Waals surface area contributed by atoms with E-state index < -0.39 is 0 Å². The van der Waals surface area contributed by atoms with Gasteiger partial charge in [0, 0.05) is 30.9 Å². The van der Waals surface area contributed by atoms with Gasteiger partial charge in [0.05, 0.1) is 36.3 Å². The van der Waals surface area contributed by atoms with Crippen LogP contribution in [0.5, 0.6) is 0 Å². The van der Waals surface area contributed by atoms with E-state index in [1.807, 2.05) is 19.1 Å². The minimum atomic E-state index is -0.193. The summed E-state index contributed by atoms with van der Waals surface area (Å²) in [6, 6.07) is 5.53. The van der Waals surface area contributed by atoms with Crippen molar-refractivity contribution < 1.29 is 9.53 Å². The molecule has 0 bridgehead atoms. The highest BCUT2D eigenvalue weighted by Crippen LogP contribution is 2.30. The van der Waals surface area contributed by atoms with E-state index in [4.69, 9.17) is 16.3 Å². The molecule has 1 aromatic heterocycles. The molecule has 3 rings (SSSR count). The Hall–Kier alpha value is -2.05. The van der Waals surface area contributed by atoms with E-state index in [-0.39, 0.29) is 5.91 Å². The second kappa shape index (κ2) is 7.02. The highest BCUT2D eigenvalue weighted by atomic mass is 35.5. The number of nitrogens with one attached hydrogen (secondary N) is 1. The number of aromatic nitrogens is 2. The summed E-state index contributed by atoms with van der Waals surface area (Å²) >= 11 is 6.10. The molecule has 23 heavy (non-hydrogen) atoms. The Morgan fingerprint density at radius 2 is 2.17 bits per heavy atom. The number of nitrogens with zero attached hydrogens (tertiary/aromatic N) is 3. The maximum Gasteiger partial charge on any atom is 0.258 e. The van der Waals surface area contributed by atoms with E-state index in [0.29, 0.717) is 29.5 Å². The summed E-state index contributed by atoms with van der Waals surface area (Å²) in [6.07, 6.45) is 3.30. The van der Waals surface area contributed by atoms with Crippen molar-refractivity contribution in [2.24, 2.45) is 0 Å². The number of carbonyl (C=O) groups excluding carboxylic acids is 1. The number of aryl methyl sites for hydroxylation is 1. The van der Waals surface area contributed by atoms with Crippen molar-refractivity contribution in [3.63, 3.8) is 0 Å². The molecule has 1 aromatic carbocycles. The van der Waals surface area contributed by atoms with Gasteiger partial charge in [0.2, 0.25) is 0 Å². The van der Waals surface area contributed by atoms with Gasteiger partial charge >= 0.3 is 0 Å². The van der Waals surface area contributed by atoms with E-state index in [2.05, 4.69) is 15.3 Å². The van der Waals surface area contributed by atoms with E-state index in [1.54, 1.807) is 23.1 Å². The number of benzene rings is 1. The molecule has 1 aliphatic heterocycles. The molecule has 1 fully saturated rings. The summed E-state index contributed by atoms with van der Waals surface area (Å²) in [5.41, 5.74) is 2.18. The average molecular weight is 335 g/mol. The monoisotopic (exact) mass is 334 g/mol. The van der Waals surface area contributed by atoms with Gasteiger partial charge < -0.3 is 15.0 Å². The van der Waals surface area contributed by atoms with Gasteiger partial charge in [0.15, 0.2) is 0 Å². The van der Waals surface area contributed by atoms with Gasteiger partial charge in [0.1, 0.15) is 0 Å². The first-order valence-corrected chi connectivity index (χ1v) is 8.01. The molecule has 6 nitrogen and oxygen atoms in total. The predicted molar refractivity (Wildman–Crippen MR) is 90.3 cm³/mol. The second-order valence-corrected chi connectivity index (χ2v) is 5.74. The summed E-state index contributed by atoms with van der Waals surface area (Å²) in [7, 11) is 0. The lowest BCUT2D eigenvalue weighted by Gasteiger charge is -2.30. The van der Waals surface area contributed by atoms with Crippen LogP contribution in [0.15, 0.2) is 30.6 Å². The molecule has 122 valence electrons.